The standard InChI is InChI=1S/C22H26BrN3O4S/c1-3-4-5-6-13-30-19-12-9-16(14-18(19)23)20(27)24-22(31)26-25-21(28)15-7-10-17(29-2)11-8-15/h7-12,14H,3-6,13H2,1-2H3,(H,25,28)(H2,24,26,27,31). The Balaban J connectivity index is 1.81. The predicted molar refractivity (Wildman–Crippen MR) is 127 cm³/mol. The number of nitrogens with one attached hydrogen (secondary N) is 3. The summed E-state index contributed by atoms with van der Waals surface area (Å²) in [6.45, 7) is 2.79. The minimum absolute atomic E-state index is 0.0285. The normalized spacial score (nSPS) is 10.2. The molecule has 0 atom stereocenters. The summed E-state index contributed by atoms with van der Waals surface area (Å²) in [5, 5.41) is 2.49. The van der Waals surface area contributed by atoms with Gasteiger partial charge in [0.1, 0.15) is 11.5 Å². The lowest BCUT2D eigenvalue weighted by molar-refractivity contribution is 0.0934. The first-order valence-electron chi connectivity index (χ1n) is 9.92. The number of ether oxygens (including phenoxy) is 2. The summed E-state index contributed by atoms with van der Waals surface area (Å²) < 4.78 is 11.5. The van der Waals surface area contributed by atoms with Crippen molar-refractivity contribution in [1.29, 1.82) is 0 Å². The lowest BCUT2D eigenvalue weighted by Crippen LogP contribution is -2.48. The Morgan fingerprint density at radius 3 is 2.32 bits per heavy atom. The van der Waals surface area contributed by atoms with Crippen molar-refractivity contribution in [3.05, 3.63) is 58.1 Å². The average molecular weight is 508 g/mol. The van der Waals surface area contributed by atoms with Gasteiger partial charge in [-0.3, -0.25) is 25.8 Å². The Morgan fingerprint density at radius 1 is 0.968 bits per heavy atom. The first-order valence-corrected chi connectivity index (χ1v) is 11.1. The zero-order chi connectivity index (χ0) is 22.6. The van der Waals surface area contributed by atoms with E-state index in [1.807, 2.05) is 0 Å². The molecule has 0 saturated carbocycles. The van der Waals surface area contributed by atoms with E-state index >= 15 is 0 Å². The smallest absolute Gasteiger partial charge is 0.269 e. The molecule has 0 saturated heterocycles. The Morgan fingerprint density at radius 2 is 1.68 bits per heavy atom. The van der Waals surface area contributed by atoms with Gasteiger partial charge < -0.3 is 9.47 Å². The van der Waals surface area contributed by atoms with E-state index in [0.29, 0.717) is 33.7 Å². The fourth-order valence-electron chi connectivity index (χ4n) is 2.60. The number of amides is 2. The SMILES string of the molecule is CCCCCCOc1ccc(C(=O)NC(=S)NNC(=O)c2ccc(OC)cc2)cc1Br. The summed E-state index contributed by atoms with van der Waals surface area (Å²) in [6.07, 6.45) is 4.49. The number of unbranched alkanes of at least 4 members (excludes halogenated alkanes) is 3. The van der Waals surface area contributed by atoms with Crippen molar-refractivity contribution in [3.63, 3.8) is 0 Å². The van der Waals surface area contributed by atoms with Gasteiger partial charge in [0, 0.05) is 11.1 Å². The number of methoxy groups -OCH3 is 1. The first kappa shape index (κ1) is 24.6. The van der Waals surface area contributed by atoms with Gasteiger partial charge in [0.2, 0.25) is 0 Å². The topological polar surface area (TPSA) is 88.7 Å². The Bertz CT molecular complexity index is 906. The highest BCUT2D eigenvalue weighted by Gasteiger charge is 2.12. The predicted octanol–water partition coefficient (Wildman–Crippen LogP) is 4.37. The van der Waals surface area contributed by atoms with Crippen LogP contribution in [0, 0.1) is 0 Å². The van der Waals surface area contributed by atoms with E-state index in [9.17, 15) is 9.59 Å². The summed E-state index contributed by atoms with van der Waals surface area (Å²) in [5.74, 6) is 0.515. The van der Waals surface area contributed by atoms with E-state index in [2.05, 4.69) is 39.0 Å². The van der Waals surface area contributed by atoms with Gasteiger partial charge in [-0.05, 0) is 77.0 Å². The second-order valence-corrected chi connectivity index (χ2v) is 7.91. The Hall–Kier alpha value is -2.65. The molecule has 0 heterocycles. The van der Waals surface area contributed by atoms with Crippen molar-refractivity contribution in [2.75, 3.05) is 13.7 Å². The number of carbonyl (C=O) groups is 2. The van der Waals surface area contributed by atoms with Crippen LogP contribution in [-0.2, 0) is 0 Å². The zero-order valence-corrected chi connectivity index (χ0v) is 19.9. The van der Waals surface area contributed by atoms with Crippen LogP contribution < -0.4 is 25.6 Å². The van der Waals surface area contributed by atoms with Crippen molar-refractivity contribution in [2.45, 2.75) is 32.6 Å². The van der Waals surface area contributed by atoms with Crippen LogP contribution >= 0.6 is 28.1 Å². The zero-order valence-electron chi connectivity index (χ0n) is 17.5. The lowest BCUT2D eigenvalue weighted by atomic mass is 10.2. The maximum atomic E-state index is 12.4. The third kappa shape index (κ3) is 8.18. The number of halogens is 1. The van der Waals surface area contributed by atoms with Crippen LogP contribution in [0.5, 0.6) is 11.5 Å². The molecule has 3 N–H and O–H groups in total. The molecule has 2 aromatic carbocycles. The second-order valence-electron chi connectivity index (χ2n) is 6.65. The van der Waals surface area contributed by atoms with Crippen LogP contribution in [0.1, 0.15) is 53.3 Å². The van der Waals surface area contributed by atoms with E-state index < -0.39 is 11.8 Å². The molecule has 2 aromatic rings. The molecule has 0 radical (unpaired) electrons. The number of carbonyl (C=O) groups excluding carboxylic acids is 2. The minimum Gasteiger partial charge on any atom is -0.497 e. The van der Waals surface area contributed by atoms with Gasteiger partial charge in [-0.25, -0.2) is 0 Å². The van der Waals surface area contributed by atoms with Crippen LogP contribution in [0.4, 0.5) is 0 Å². The highest BCUT2D eigenvalue weighted by molar-refractivity contribution is 9.10. The monoisotopic (exact) mass is 507 g/mol. The molecule has 7 nitrogen and oxygen atoms in total. The van der Waals surface area contributed by atoms with Crippen molar-refractivity contribution in [2.24, 2.45) is 0 Å². The van der Waals surface area contributed by atoms with Gasteiger partial charge >= 0.3 is 0 Å². The number of hydrogen-bond acceptors (Lipinski definition) is 5. The van der Waals surface area contributed by atoms with Gasteiger partial charge in [0.25, 0.3) is 11.8 Å². The van der Waals surface area contributed by atoms with E-state index in [1.165, 1.54) is 12.8 Å². The highest BCUT2D eigenvalue weighted by atomic mass is 79.9. The number of rotatable bonds is 9. The number of hydrazine groups is 1. The quantitative estimate of drug-likeness (QED) is 0.265. The van der Waals surface area contributed by atoms with Crippen LogP contribution in [0.15, 0.2) is 46.9 Å². The minimum atomic E-state index is -0.411. The molecular formula is C22H26BrN3O4S. The maximum absolute atomic E-state index is 12.4. The summed E-state index contributed by atoms with van der Waals surface area (Å²) in [6, 6.07) is 11.6. The molecule has 2 rings (SSSR count). The second kappa shape index (κ2) is 12.9. The summed E-state index contributed by atoms with van der Waals surface area (Å²) in [7, 11) is 1.55. The number of benzene rings is 2. The molecule has 0 bridgehead atoms. The average Bonchev–Trinajstić information content (AvgIpc) is 2.78. The summed E-state index contributed by atoms with van der Waals surface area (Å²) in [5.41, 5.74) is 5.76. The van der Waals surface area contributed by atoms with Crippen LogP contribution in [-0.4, -0.2) is 30.6 Å². The largest absolute Gasteiger partial charge is 0.497 e. The molecular weight excluding hydrogens is 482 g/mol. The molecule has 0 aliphatic heterocycles. The molecule has 0 spiro atoms. The van der Waals surface area contributed by atoms with Gasteiger partial charge in [-0.2, -0.15) is 0 Å². The van der Waals surface area contributed by atoms with Gasteiger partial charge in [0.15, 0.2) is 5.11 Å². The molecule has 166 valence electrons. The number of hydrogen-bond donors (Lipinski definition) is 3. The number of thiocarbonyl (C=S) groups is 1. The summed E-state index contributed by atoms with van der Waals surface area (Å²) in [4.78, 5) is 24.5. The molecule has 31 heavy (non-hydrogen) atoms. The van der Waals surface area contributed by atoms with Crippen molar-refractivity contribution >= 4 is 45.1 Å². The van der Waals surface area contributed by atoms with Crippen molar-refractivity contribution < 1.29 is 19.1 Å². The Labute approximate surface area is 196 Å². The Kier molecular flexibility index (Phi) is 10.3. The van der Waals surface area contributed by atoms with Crippen molar-refractivity contribution in [1.82, 2.24) is 16.2 Å². The first-order chi connectivity index (χ1) is 14.9. The molecule has 0 aromatic heterocycles. The highest BCUT2D eigenvalue weighted by Crippen LogP contribution is 2.26. The molecule has 0 unspecified atom stereocenters. The summed E-state index contributed by atoms with van der Waals surface area (Å²) >= 11 is 8.51. The van der Waals surface area contributed by atoms with Crippen LogP contribution in [0.3, 0.4) is 0 Å². The van der Waals surface area contributed by atoms with E-state index in [4.69, 9.17) is 21.7 Å². The van der Waals surface area contributed by atoms with Gasteiger partial charge in [-0.1, -0.05) is 26.2 Å². The fraction of sp³-hybridized carbons (Fsp3) is 0.318. The van der Waals surface area contributed by atoms with Crippen LogP contribution in [0.2, 0.25) is 0 Å². The molecule has 0 aliphatic carbocycles. The third-order valence-corrected chi connectivity index (χ3v) is 5.14. The lowest BCUT2D eigenvalue weighted by Gasteiger charge is -2.12. The van der Waals surface area contributed by atoms with E-state index in [0.717, 1.165) is 12.8 Å². The third-order valence-electron chi connectivity index (χ3n) is 4.32. The van der Waals surface area contributed by atoms with Gasteiger partial charge in [-0.15, -0.1) is 0 Å². The van der Waals surface area contributed by atoms with E-state index in [-0.39, 0.29) is 5.11 Å². The molecule has 0 fully saturated rings. The fourth-order valence-corrected chi connectivity index (χ4v) is 3.24. The maximum Gasteiger partial charge on any atom is 0.269 e. The molecule has 9 heteroatoms. The van der Waals surface area contributed by atoms with Crippen LogP contribution in [0.25, 0.3) is 0 Å². The molecule has 2 amide bonds. The van der Waals surface area contributed by atoms with Gasteiger partial charge in [0.05, 0.1) is 18.2 Å². The van der Waals surface area contributed by atoms with Crippen molar-refractivity contribution in [3.8, 4) is 11.5 Å². The van der Waals surface area contributed by atoms with E-state index in [1.54, 1.807) is 49.6 Å². The molecule has 0 aliphatic rings.